The van der Waals surface area contributed by atoms with Crippen molar-refractivity contribution in [3.05, 3.63) is 29.8 Å². The Kier molecular flexibility index (Phi) is 8.55. The molecule has 1 aliphatic carbocycles. The lowest BCUT2D eigenvalue weighted by Gasteiger charge is -2.35. The number of nitrogens with zero attached hydrogens (tertiary/aromatic N) is 2. The molecular formula is C23H34N4O4. The van der Waals surface area contributed by atoms with Crippen molar-refractivity contribution < 1.29 is 19.1 Å². The molecule has 0 bridgehead atoms. The van der Waals surface area contributed by atoms with Crippen molar-refractivity contribution in [2.24, 2.45) is 0 Å². The zero-order chi connectivity index (χ0) is 22.1. The van der Waals surface area contributed by atoms with Gasteiger partial charge in [-0.2, -0.15) is 0 Å². The number of amides is 4. The van der Waals surface area contributed by atoms with E-state index < -0.39 is 0 Å². The summed E-state index contributed by atoms with van der Waals surface area (Å²) in [5.74, 6) is 0.766. The normalized spacial score (nSPS) is 17.2. The summed E-state index contributed by atoms with van der Waals surface area (Å²) in [5, 5.41) is 5.87. The Bertz CT molecular complexity index is 738. The van der Waals surface area contributed by atoms with Crippen LogP contribution >= 0.6 is 0 Å². The van der Waals surface area contributed by atoms with Gasteiger partial charge in [0.2, 0.25) is 5.91 Å². The van der Waals surface area contributed by atoms with Crippen LogP contribution in [0.2, 0.25) is 0 Å². The fraction of sp³-hybridized carbons (Fsp3) is 0.609. The fourth-order valence-corrected chi connectivity index (χ4v) is 4.16. The maximum atomic E-state index is 12.6. The maximum Gasteiger partial charge on any atom is 0.315 e. The highest BCUT2D eigenvalue weighted by molar-refractivity contribution is 5.94. The number of carbonyl (C=O) groups excluding carboxylic acids is 3. The van der Waals surface area contributed by atoms with Crippen LogP contribution in [0.4, 0.5) is 4.79 Å². The summed E-state index contributed by atoms with van der Waals surface area (Å²) in [6.45, 7) is 2.62. The van der Waals surface area contributed by atoms with Gasteiger partial charge in [0.25, 0.3) is 5.91 Å². The molecule has 1 saturated carbocycles. The van der Waals surface area contributed by atoms with Gasteiger partial charge in [-0.15, -0.1) is 0 Å². The Labute approximate surface area is 184 Å². The van der Waals surface area contributed by atoms with Crippen molar-refractivity contribution in [1.29, 1.82) is 0 Å². The monoisotopic (exact) mass is 430 g/mol. The number of ether oxygens (including phenoxy) is 1. The topological polar surface area (TPSA) is 91.0 Å². The van der Waals surface area contributed by atoms with Crippen LogP contribution in [0.25, 0.3) is 0 Å². The van der Waals surface area contributed by atoms with Crippen molar-refractivity contribution in [1.82, 2.24) is 20.4 Å². The van der Waals surface area contributed by atoms with Gasteiger partial charge >= 0.3 is 6.03 Å². The minimum atomic E-state index is -0.134. The van der Waals surface area contributed by atoms with Crippen LogP contribution in [-0.4, -0.2) is 73.5 Å². The van der Waals surface area contributed by atoms with Crippen molar-refractivity contribution in [3.8, 4) is 5.75 Å². The molecule has 1 aliphatic heterocycles. The van der Waals surface area contributed by atoms with Crippen LogP contribution in [-0.2, 0) is 4.79 Å². The molecule has 3 rings (SSSR count). The van der Waals surface area contributed by atoms with Gasteiger partial charge in [0.1, 0.15) is 5.75 Å². The zero-order valence-electron chi connectivity index (χ0n) is 18.4. The number of methoxy groups -OCH3 is 1. The Morgan fingerprint density at radius 2 is 1.61 bits per heavy atom. The van der Waals surface area contributed by atoms with E-state index in [1.807, 2.05) is 0 Å². The second-order valence-corrected chi connectivity index (χ2v) is 8.24. The molecule has 4 amide bonds. The molecule has 2 N–H and O–H groups in total. The Morgan fingerprint density at radius 1 is 0.968 bits per heavy atom. The lowest BCUT2D eigenvalue weighted by atomic mass is 9.96. The number of piperazine rings is 1. The molecule has 1 aromatic carbocycles. The third-order valence-corrected chi connectivity index (χ3v) is 6.05. The average molecular weight is 431 g/mol. The van der Waals surface area contributed by atoms with Gasteiger partial charge in [0.15, 0.2) is 0 Å². The summed E-state index contributed by atoms with van der Waals surface area (Å²) >= 11 is 0. The minimum absolute atomic E-state index is 0.0251. The SMILES string of the molecule is COc1ccc(C(=O)N2CCN(C(=O)CCCNC(=O)NC3CCCCC3)CC2)cc1. The van der Waals surface area contributed by atoms with Gasteiger partial charge in [0.05, 0.1) is 7.11 Å². The number of carbonyl (C=O) groups is 3. The smallest absolute Gasteiger partial charge is 0.315 e. The number of urea groups is 1. The fourth-order valence-electron chi connectivity index (χ4n) is 4.16. The summed E-state index contributed by atoms with van der Waals surface area (Å²) in [5.41, 5.74) is 0.623. The summed E-state index contributed by atoms with van der Waals surface area (Å²) in [6, 6.07) is 7.22. The Morgan fingerprint density at radius 3 is 2.26 bits per heavy atom. The standard InChI is InChI=1S/C23H34N4O4/c1-31-20-11-9-18(10-12-20)22(29)27-16-14-26(15-17-27)21(28)8-5-13-24-23(30)25-19-6-3-2-4-7-19/h9-12,19H,2-8,13-17H2,1H3,(H2,24,25,30). The van der Waals surface area contributed by atoms with E-state index in [-0.39, 0.29) is 23.9 Å². The number of rotatable bonds is 7. The van der Waals surface area contributed by atoms with Crippen molar-refractivity contribution >= 4 is 17.8 Å². The second-order valence-electron chi connectivity index (χ2n) is 8.24. The molecule has 0 unspecified atom stereocenters. The lowest BCUT2D eigenvalue weighted by Crippen LogP contribution is -2.50. The van der Waals surface area contributed by atoms with Crippen molar-refractivity contribution in [2.45, 2.75) is 51.0 Å². The number of benzene rings is 1. The van der Waals surface area contributed by atoms with Gasteiger partial charge in [-0.25, -0.2) is 4.79 Å². The highest BCUT2D eigenvalue weighted by Gasteiger charge is 2.24. The van der Waals surface area contributed by atoms with E-state index in [4.69, 9.17) is 4.74 Å². The Hall–Kier alpha value is -2.77. The van der Waals surface area contributed by atoms with Crippen LogP contribution in [0.3, 0.4) is 0 Å². The van der Waals surface area contributed by atoms with Gasteiger partial charge in [-0.05, 0) is 43.5 Å². The van der Waals surface area contributed by atoms with E-state index in [9.17, 15) is 14.4 Å². The molecule has 1 heterocycles. The van der Waals surface area contributed by atoms with E-state index in [1.165, 1.54) is 19.3 Å². The first-order valence-electron chi connectivity index (χ1n) is 11.3. The van der Waals surface area contributed by atoms with Gasteiger partial charge in [-0.1, -0.05) is 19.3 Å². The predicted molar refractivity (Wildman–Crippen MR) is 118 cm³/mol. The quantitative estimate of drug-likeness (QED) is 0.650. The van der Waals surface area contributed by atoms with E-state index in [0.717, 1.165) is 12.8 Å². The van der Waals surface area contributed by atoms with Gasteiger partial charge in [0, 0.05) is 50.7 Å². The molecule has 8 heteroatoms. The minimum Gasteiger partial charge on any atom is -0.497 e. The molecular weight excluding hydrogens is 396 g/mol. The van der Waals surface area contributed by atoms with Crippen LogP contribution < -0.4 is 15.4 Å². The second kappa shape index (κ2) is 11.6. The summed E-state index contributed by atoms with van der Waals surface area (Å²) < 4.78 is 5.13. The highest BCUT2D eigenvalue weighted by Crippen LogP contribution is 2.17. The molecule has 31 heavy (non-hydrogen) atoms. The molecule has 0 spiro atoms. The predicted octanol–water partition coefficient (Wildman–Crippen LogP) is 2.39. The first-order chi connectivity index (χ1) is 15.1. The van der Waals surface area contributed by atoms with Crippen LogP contribution in [0.1, 0.15) is 55.3 Å². The molecule has 0 aromatic heterocycles. The van der Waals surface area contributed by atoms with Crippen molar-refractivity contribution in [2.75, 3.05) is 39.8 Å². The first kappa shape index (κ1) is 22.9. The van der Waals surface area contributed by atoms with Crippen LogP contribution in [0.5, 0.6) is 5.75 Å². The summed E-state index contributed by atoms with van der Waals surface area (Å²) in [7, 11) is 1.59. The maximum absolute atomic E-state index is 12.6. The molecule has 2 fully saturated rings. The molecule has 0 atom stereocenters. The van der Waals surface area contributed by atoms with Crippen LogP contribution in [0.15, 0.2) is 24.3 Å². The molecule has 170 valence electrons. The molecule has 0 radical (unpaired) electrons. The third kappa shape index (κ3) is 6.87. The van der Waals surface area contributed by atoms with Gasteiger partial charge in [-0.3, -0.25) is 9.59 Å². The van der Waals surface area contributed by atoms with Crippen molar-refractivity contribution in [3.63, 3.8) is 0 Å². The third-order valence-electron chi connectivity index (χ3n) is 6.05. The summed E-state index contributed by atoms with van der Waals surface area (Å²) in [6.07, 6.45) is 6.73. The first-order valence-corrected chi connectivity index (χ1v) is 11.3. The molecule has 1 saturated heterocycles. The zero-order valence-corrected chi connectivity index (χ0v) is 18.4. The van der Waals surface area contributed by atoms with E-state index >= 15 is 0 Å². The largest absolute Gasteiger partial charge is 0.497 e. The van der Waals surface area contributed by atoms with Crippen LogP contribution in [0, 0.1) is 0 Å². The Balaban J connectivity index is 1.31. The van der Waals surface area contributed by atoms with E-state index in [1.54, 1.807) is 41.2 Å². The highest BCUT2D eigenvalue weighted by atomic mass is 16.5. The van der Waals surface area contributed by atoms with E-state index in [0.29, 0.717) is 56.9 Å². The molecule has 1 aromatic rings. The lowest BCUT2D eigenvalue weighted by molar-refractivity contribution is -0.132. The summed E-state index contributed by atoms with van der Waals surface area (Å²) in [4.78, 5) is 40.6. The number of hydrogen-bond acceptors (Lipinski definition) is 4. The van der Waals surface area contributed by atoms with Gasteiger partial charge < -0.3 is 25.2 Å². The molecule has 2 aliphatic rings. The average Bonchev–Trinajstić information content (AvgIpc) is 2.82. The number of nitrogens with one attached hydrogen (secondary N) is 2. The van der Waals surface area contributed by atoms with E-state index in [2.05, 4.69) is 10.6 Å². The number of hydrogen-bond donors (Lipinski definition) is 2. The molecule has 8 nitrogen and oxygen atoms in total.